The Morgan fingerprint density at radius 3 is 2.80 bits per heavy atom. The van der Waals surface area contributed by atoms with Crippen LogP contribution in [0.5, 0.6) is 0 Å². The summed E-state index contributed by atoms with van der Waals surface area (Å²) in [6, 6.07) is 9.08. The Kier molecular flexibility index (Phi) is 4.57. The van der Waals surface area contributed by atoms with Gasteiger partial charge in [0.15, 0.2) is 0 Å². The molecule has 20 heavy (non-hydrogen) atoms. The lowest BCUT2D eigenvalue weighted by Gasteiger charge is -2.18. The molecule has 0 bridgehead atoms. The number of nitrogens with one attached hydrogen (secondary N) is 1. The van der Waals surface area contributed by atoms with E-state index in [0.717, 1.165) is 16.5 Å². The third-order valence-electron chi connectivity index (χ3n) is 2.93. The molecule has 1 aromatic carbocycles. The van der Waals surface area contributed by atoms with Gasteiger partial charge in [0, 0.05) is 11.6 Å². The second-order valence-corrected chi connectivity index (χ2v) is 4.43. The quantitative estimate of drug-likeness (QED) is 0.916. The largest absolute Gasteiger partial charge is 0.411 e. The van der Waals surface area contributed by atoms with Gasteiger partial charge in [0.1, 0.15) is 6.61 Å². The van der Waals surface area contributed by atoms with E-state index in [0.29, 0.717) is 0 Å². The Hall–Kier alpha value is -1.66. The smallest absolute Gasteiger partial charge is 0.370 e. The number of hydrogen-bond donors (Lipinski definition) is 1. The van der Waals surface area contributed by atoms with Crippen molar-refractivity contribution < 1.29 is 17.9 Å². The first-order chi connectivity index (χ1) is 9.49. The molecule has 0 amide bonds. The van der Waals surface area contributed by atoms with Crippen molar-refractivity contribution in [2.45, 2.75) is 12.2 Å². The Morgan fingerprint density at radius 2 is 2.10 bits per heavy atom. The molecule has 1 aromatic heterocycles. The lowest BCUT2D eigenvalue weighted by atomic mass is 10.1. The highest BCUT2D eigenvalue weighted by molar-refractivity contribution is 5.78. The van der Waals surface area contributed by atoms with Gasteiger partial charge in [-0.15, -0.1) is 0 Å². The van der Waals surface area contributed by atoms with Crippen molar-refractivity contribution in [2.75, 3.05) is 20.3 Å². The number of fused-ring (bicyclic) bond motifs is 1. The number of ether oxygens (including phenoxy) is 1. The molecule has 0 aliphatic heterocycles. The first kappa shape index (κ1) is 14.7. The van der Waals surface area contributed by atoms with Crippen LogP contribution in [0.1, 0.15) is 11.6 Å². The molecule has 0 spiro atoms. The molecule has 3 nitrogen and oxygen atoms in total. The predicted octanol–water partition coefficient (Wildman–Crippen LogP) is 3.07. The number of nitrogens with zero attached hydrogens (tertiary/aromatic N) is 1. The molecule has 1 unspecified atom stereocenters. The molecular weight excluding hydrogens is 269 g/mol. The highest BCUT2D eigenvalue weighted by Crippen LogP contribution is 2.20. The van der Waals surface area contributed by atoms with Crippen LogP contribution in [0.4, 0.5) is 13.2 Å². The van der Waals surface area contributed by atoms with Crippen molar-refractivity contribution in [1.82, 2.24) is 10.3 Å². The second kappa shape index (κ2) is 6.19. The molecule has 2 aromatic rings. The van der Waals surface area contributed by atoms with Gasteiger partial charge in [0.05, 0.1) is 18.2 Å². The van der Waals surface area contributed by atoms with Gasteiger partial charge in [-0.3, -0.25) is 4.98 Å². The minimum atomic E-state index is -4.30. The lowest BCUT2D eigenvalue weighted by molar-refractivity contribution is -0.175. The molecule has 0 radical (unpaired) electrons. The number of aromatic nitrogens is 1. The Labute approximate surface area is 114 Å². The summed E-state index contributed by atoms with van der Waals surface area (Å²) in [5.41, 5.74) is 1.65. The van der Waals surface area contributed by atoms with E-state index in [1.807, 2.05) is 30.3 Å². The van der Waals surface area contributed by atoms with Gasteiger partial charge >= 0.3 is 6.18 Å². The van der Waals surface area contributed by atoms with E-state index in [9.17, 15) is 13.2 Å². The Bertz CT molecular complexity index is 572. The normalized spacial score (nSPS) is 13.6. The molecule has 0 aliphatic carbocycles. The average molecular weight is 284 g/mol. The lowest BCUT2D eigenvalue weighted by Crippen LogP contribution is -2.25. The average Bonchev–Trinajstić information content (AvgIpc) is 2.42. The van der Waals surface area contributed by atoms with Crippen molar-refractivity contribution in [3.05, 3.63) is 42.1 Å². The molecule has 2 rings (SSSR count). The molecule has 1 atom stereocenters. The number of hydrogen-bond acceptors (Lipinski definition) is 3. The highest BCUT2D eigenvalue weighted by atomic mass is 19.4. The van der Waals surface area contributed by atoms with Gasteiger partial charge in [-0.25, -0.2) is 0 Å². The van der Waals surface area contributed by atoms with E-state index in [2.05, 4.69) is 10.3 Å². The maximum atomic E-state index is 12.1. The molecule has 1 heterocycles. The third-order valence-corrected chi connectivity index (χ3v) is 2.93. The number of alkyl halides is 3. The van der Waals surface area contributed by atoms with Gasteiger partial charge < -0.3 is 10.1 Å². The van der Waals surface area contributed by atoms with E-state index >= 15 is 0 Å². The van der Waals surface area contributed by atoms with Crippen LogP contribution in [-0.2, 0) is 4.74 Å². The SMILES string of the molecule is CNC(COCC(F)(F)F)c1ccc2cccnc2c1. The number of halogens is 3. The van der Waals surface area contributed by atoms with E-state index in [4.69, 9.17) is 4.74 Å². The monoisotopic (exact) mass is 284 g/mol. The summed E-state index contributed by atoms with van der Waals surface area (Å²) in [6.07, 6.45) is -2.62. The zero-order valence-electron chi connectivity index (χ0n) is 10.9. The molecule has 0 saturated carbocycles. The van der Waals surface area contributed by atoms with Gasteiger partial charge in [-0.1, -0.05) is 18.2 Å². The minimum absolute atomic E-state index is 0.0473. The molecule has 1 N–H and O–H groups in total. The van der Waals surface area contributed by atoms with Crippen LogP contribution >= 0.6 is 0 Å². The summed E-state index contributed by atoms with van der Waals surface area (Å²) < 4.78 is 40.9. The van der Waals surface area contributed by atoms with Gasteiger partial charge in [-0.05, 0) is 24.7 Å². The summed E-state index contributed by atoms with van der Waals surface area (Å²) in [6.45, 7) is -1.29. The zero-order valence-corrected chi connectivity index (χ0v) is 10.9. The molecule has 0 saturated heterocycles. The summed E-state index contributed by atoms with van der Waals surface area (Å²) in [4.78, 5) is 4.23. The van der Waals surface area contributed by atoms with Crippen LogP contribution in [0.3, 0.4) is 0 Å². The fourth-order valence-corrected chi connectivity index (χ4v) is 1.94. The van der Waals surface area contributed by atoms with Gasteiger partial charge in [0.25, 0.3) is 0 Å². The summed E-state index contributed by atoms with van der Waals surface area (Å²) in [7, 11) is 1.68. The third kappa shape index (κ3) is 3.91. The standard InChI is InChI=1S/C14H15F3N2O/c1-18-13(8-20-9-14(15,16)17)11-5-4-10-3-2-6-19-12(10)7-11/h2-7,13,18H,8-9H2,1H3. The molecule has 108 valence electrons. The topological polar surface area (TPSA) is 34.1 Å². The maximum absolute atomic E-state index is 12.1. The summed E-state index contributed by atoms with van der Waals surface area (Å²) in [5, 5.41) is 3.94. The second-order valence-electron chi connectivity index (χ2n) is 4.43. The summed E-state index contributed by atoms with van der Waals surface area (Å²) in [5.74, 6) is 0. The fourth-order valence-electron chi connectivity index (χ4n) is 1.94. The Balaban J connectivity index is 2.09. The van der Waals surface area contributed by atoms with Gasteiger partial charge in [-0.2, -0.15) is 13.2 Å². The number of benzene rings is 1. The maximum Gasteiger partial charge on any atom is 0.411 e. The summed E-state index contributed by atoms with van der Waals surface area (Å²) >= 11 is 0. The van der Waals surface area contributed by atoms with Crippen molar-refractivity contribution in [3.8, 4) is 0 Å². The Morgan fingerprint density at radius 1 is 1.30 bits per heavy atom. The van der Waals surface area contributed by atoms with E-state index in [1.54, 1.807) is 13.2 Å². The highest BCUT2D eigenvalue weighted by Gasteiger charge is 2.28. The molecule has 0 aliphatic rings. The number of likely N-dealkylation sites (N-methyl/N-ethyl adjacent to an activating group) is 1. The van der Waals surface area contributed by atoms with Crippen LogP contribution in [0, 0.1) is 0 Å². The minimum Gasteiger partial charge on any atom is -0.370 e. The van der Waals surface area contributed by atoms with Crippen molar-refractivity contribution in [3.63, 3.8) is 0 Å². The fraction of sp³-hybridized carbons (Fsp3) is 0.357. The van der Waals surface area contributed by atoms with E-state index in [-0.39, 0.29) is 12.6 Å². The van der Waals surface area contributed by atoms with Crippen LogP contribution in [-0.4, -0.2) is 31.4 Å². The number of pyridine rings is 1. The molecular formula is C14H15F3N2O. The first-order valence-corrected chi connectivity index (χ1v) is 6.16. The van der Waals surface area contributed by atoms with Crippen LogP contribution in [0.15, 0.2) is 36.5 Å². The van der Waals surface area contributed by atoms with Gasteiger partial charge in [0.2, 0.25) is 0 Å². The first-order valence-electron chi connectivity index (χ1n) is 6.16. The van der Waals surface area contributed by atoms with Crippen LogP contribution < -0.4 is 5.32 Å². The van der Waals surface area contributed by atoms with E-state index < -0.39 is 12.8 Å². The molecule has 0 fully saturated rings. The van der Waals surface area contributed by atoms with Crippen LogP contribution in [0.25, 0.3) is 10.9 Å². The predicted molar refractivity (Wildman–Crippen MR) is 70.4 cm³/mol. The van der Waals surface area contributed by atoms with Crippen molar-refractivity contribution >= 4 is 10.9 Å². The van der Waals surface area contributed by atoms with Crippen molar-refractivity contribution in [2.24, 2.45) is 0 Å². The van der Waals surface area contributed by atoms with Crippen LogP contribution in [0.2, 0.25) is 0 Å². The zero-order chi connectivity index (χ0) is 14.6. The number of rotatable bonds is 5. The van der Waals surface area contributed by atoms with E-state index in [1.165, 1.54) is 0 Å². The molecule has 6 heteroatoms. The van der Waals surface area contributed by atoms with Crippen molar-refractivity contribution in [1.29, 1.82) is 0 Å².